The number of anilines is 1. The van der Waals surface area contributed by atoms with Crippen molar-refractivity contribution in [3.8, 4) is 22.8 Å². The normalized spacial score (nSPS) is 16.1. The van der Waals surface area contributed by atoms with E-state index in [-0.39, 0.29) is 33.7 Å². The summed E-state index contributed by atoms with van der Waals surface area (Å²) in [5, 5.41) is 10.6. The first-order valence-corrected chi connectivity index (χ1v) is 14.5. The third-order valence-electron chi connectivity index (χ3n) is 6.36. The molecule has 1 saturated heterocycles. The lowest BCUT2D eigenvalue weighted by Gasteiger charge is -2.19. The molecule has 0 bridgehead atoms. The second-order valence-electron chi connectivity index (χ2n) is 9.07. The van der Waals surface area contributed by atoms with Crippen LogP contribution in [0, 0.1) is 13.8 Å². The molecule has 0 saturated carbocycles. The van der Waals surface area contributed by atoms with Crippen molar-refractivity contribution >= 4 is 32.7 Å². The number of nitrogens with zero attached hydrogens (tertiary/aromatic N) is 5. The van der Waals surface area contributed by atoms with Gasteiger partial charge in [0.05, 0.1) is 24.0 Å². The van der Waals surface area contributed by atoms with Crippen LogP contribution in [0.1, 0.15) is 23.5 Å². The zero-order valence-corrected chi connectivity index (χ0v) is 23.3. The van der Waals surface area contributed by atoms with E-state index in [2.05, 4.69) is 19.7 Å². The monoisotopic (exact) mass is 572 g/mol. The van der Waals surface area contributed by atoms with E-state index in [4.69, 9.17) is 9.47 Å². The van der Waals surface area contributed by atoms with Crippen LogP contribution in [0.5, 0.6) is 11.6 Å². The van der Waals surface area contributed by atoms with E-state index in [1.807, 2.05) is 4.90 Å². The fourth-order valence-corrected chi connectivity index (χ4v) is 7.00. The molecule has 0 spiro atoms. The highest BCUT2D eigenvalue weighted by Gasteiger charge is 2.24. The quantitative estimate of drug-likeness (QED) is 0.306. The van der Waals surface area contributed by atoms with E-state index in [1.54, 1.807) is 38.2 Å². The van der Waals surface area contributed by atoms with Crippen LogP contribution in [0.3, 0.4) is 0 Å². The van der Waals surface area contributed by atoms with Crippen molar-refractivity contribution in [3.05, 3.63) is 57.8 Å². The Labute approximate surface area is 229 Å². The van der Waals surface area contributed by atoms with Crippen LogP contribution in [0.4, 0.5) is 5.69 Å². The fraction of sp³-hybridized carbons (Fsp3) is 0.360. The number of hydrogen-bond donors (Lipinski definition) is 2. The number of aryl methyl sites for hydroxylation is 2. The number of thiazole rings is 1. The number of ether oxygens (including phenoxy) is 2. The third kappa shape index (κ3) is 5.59. The number of likely N-dealkylation sites (tertiary alicyclic amines) is 1. The van der Waals surface area contributed by atoms with Crippen molar-refractivity contribution in [2.75, 3.05) is 31.5 Å². The summed E-state index contributed by atoms with van der Waals surface area (Å²) in [7, 11) is -2.54. The molecule has 1 fully saturated rings. The lowest BCUT2D eigenvalue weighted by Crippen LogP contribution is -2.33. The predicted molar refractivity (Wildman–Crippen MR) is 146 cm³/mol. The number of hydrogen-bond acceptors (Lipinski definition) is 11. The number of aliphatic hydroxyl groups excluding tert-OH is 1. The molecule has 1 atom stereocenters. The summed E-state index contributed by atoms with van der Waals surface area (Å²) in [5.74, 6) is 0.189. The van der Waals surface area contributed by atoms with Gasteiger partial charge in [-0.1, -0.05) is 0 Å². The molecular weight excluding hydrogens is 544 g/mol. The average molecular weight is 573 g/mol. The highest BCUT2D eigenvalue weighted by Crippen LogP contribution is 2.32. The van der Waals surface area contributed by atoms with Crippen molar-refractivity contribution in [1.82, 2.24) is 24.3 Å². The molecule has 1 aliphatic heterocycles. The molecule has 4 aromatic rings. The first kappa shape index (κ1) is 27.0. The largest absolute Gasteiger partial charge is 0.485 e. The standard InChI is InChI=1S/C25H28N6O6S2/c1-15-25(38-16(2)28-15)39(34,35)29-19-11-18(12-27-23(19)36-3)17-6-7-21-26-13-20(24(33)31(21)14-17)37-10-9-30-8-4-5-22(30)32/h6-7,11-14,22,29,32H,4-5,8-10H2,1-3H3. The van der Waals surface area contributed by atoms with Crippen LogP contribution in [0.25, 0.3) is 16.8 Å². The van der Waals surface area contributed by atoms with E-state index in [1.165, 1.54) is 23.9 Å². The molecule has 39 heavy (non-hydrogen) atoms. The highest BCUT2D eigenvalue weighted by atomic mass is 32.2. The number of methoxy groups -OCH3 is 1. The van der Waals surface area contributed by atoms with Crippen molar-refractivity contribution in [2.45, 2.75) is 37.1 Å². The van der Waals surface area contributed by atoms with Gasteiger partial charge in [0.1, 0.15) is 24.2 Å². The molecule has 4 aromatic heterocycles. The Hall–Kier alpha value is -3.59. The Kier molecular flexibility index (Phi) is 7.53. The van der Waals surface area contributed by atoms with Crippen molar-refractivity contribution in [1.29, 1.82) is 0 Å². The molecule has 1 aliphatic rings. The van der Waals surface area contributed by atoms with Crippen LogP contribution in [-0.2, 0) is 10.0 Å². The maximum atomic E-state index is 13.2. The molecule has 5 heterocycles. The summed E-state index contributed by atoms with van der Waals surface area (Å²) in [6.45, 7) is 4.91. The molecule has 0 amide bonds. The molecule has 0 aromatic carbocycles. The number of fused-ring (bicyclic) bond motifs is 1. The van der Waals surface area contributed by atoms with Gasteiger partial charge < -0.3 is 14.6 Å². The summed E-state index contributed by atoms with van der Waals surface area (Å²) in [6, 6.07) is 5.03. The molecule has 1 unspecified atom stereocenters. The number of rotatable bonds is 9. The van der Waals surface area contributed by atoms with Crippen LogP contribution in [0.15, 0.2) is 45.8 Å². The second-order valence-corrected chi connectivity index (χ2v) is 12.2. The second kappa shape index (κ2) is 10.9. The predicted octanol–water partition coefficient (Wildman–Crippen LogP) is 2.43. The molecule has 5 rings (SSSR count). The minimum absolute atomic E-state index is 0.0925. The first-order valence-electron chi connectivity index (χ1n) is 12.2. The number of aromatic nitrogens is 4. The zero-order chi connectivity index (χ0) is 27.7. The smallest absolute Gasteiger partial charge is 0.300 e. The van der Waals surface area contributed by atoms with Gasteiger partial charge in [-0.05, 0) is 44.9 Å². The van der Waals surface area contributed by atoms with Crippen LogP contribution < -0.4 is 19.8 Å². The Balaban J connectivity index is 1.43. The van der Waals surface area contributed by atoms with Crippen molar-refractivity contribution < 1.29 is 23.0 Å². The Morgan fingerprint density at radius 2 is 2.03 bits per heavy atom. The molecule has 0 radical (unpaired) electrons. The molecule has 14 heteroatoms. The van der Waals surface area contributed by atoms with E-state index < -0.39 is 16.3 Å². The Bertz CT molecular complexity index is 1690. The SMILES string of the molecule is COc1ncc(-c2ccc3ncc(OCCN4CCCC4O)c(=O)n3c2)cc1NS(=O)(=O)c1sc(C)nc1C. The highest BCUT2D eigenvalue weighted by molar-refractivity contribution is 7.94. The fourth-order valence-electron chi connectivity index (χ4n) is 4.47. The van der Waals surface area contributed by atoms with E-state index in [0.29, 0.717) is 34.0 Å². The summed E-state index contributed by atoms with van der Waals surface area (Å²) in [6.07, 6.45) is 5.70. The lowest BCUT2D eigenvalue weighted by atomic mass is 10.1. The van der Waals surface area contributed by atoms with Gasteiger partial charge in [-0.2, -0.15) is 0 Å². The summed E-state index contributed by atoms with van der Waals surface area (Å²) in [4.78, 5) is 27.9. The number of pyridine rings is 2. The van der Waals surface area contributed by atoms with Crippen LogP contribution in [-0.4, -0.2) is 70.8 Å². The topological polar surface area (TPSA) is 148 Å². The molecule has 206 valence electrons. The average Bonchev–Trinajstić information content (AvgIpc) is 3.48. The third-order valence-corrected chi connectivity index (χ3v) is 9.41. The van der Waals surface area contributed by atoms with Crippen LogP contribution in [0.2, 0.25) is 0 Å². The van der Waals surface area contributed by atoms with Gasteiger partial charge in [0.2, 0.25) is 11.6 Å². The van der Waals surface area contributed by atoms with Gasteiger partial charge >= 0.3 is 0 Å². The van der Waals surface area contributed by atoms with Crippen molar-refractivity contribution in [3.63, 3.8) is 0 Å². The van der Waals surface area contributed by atoms with Gasteiger partial charge in [0, 0.05) is 36.6 Å². The van der Waals surface area contributed by atoms with Gasteiger partial charge in [-0.3, -0.25) is 18.8 Å². The lowest BCUT2D eigenvalue weighted by molar-refractivity contribution is 0.0299. The summed E-state index contributed by atoms with van der Waals surface area (Å²) in [5.41, 5.74) is 1.74. The maximum absolute atomic E-state index is 13.2. The minimum Gasteiger partial charge on any atom is -0.485 e. The van der Waals surface area contributed by atoms with E-state index in [0.717, 1.165) is 30.7 Å². The van der Waals surface area contributed by atoms with Crippen LogP contribution >= 0.6 is 11.3 Å². The summed E-state index contributed by atoms with van der Waals surface area (Å²) < 4.78 is 41.2. The molecule has 12 nitrogen and oxygen atoms in total. The van der Waals surface area contributed by atoms with Crippen molar-refractivity contribution in [2.24, 2.45) is 0 Å². The zero-order valence-electron chi connectivity index (χ0n) is 21.6. The molecular formula is C25H28N6O6S2. The van der Waals surface area contributed by atoms with Gasteiger partial charge in [-0.15, -0.1) is 11.3 Å². The van der Waals surface area contributed by atoms with Gasteiger partial charge in [-0.25, -0.2) is 23.4 Å². The van der Waals surface area contributed by atoms with Gasteiger partial charge in [0.15, 0.2) is 4.21 Å². The summed E-state index contributed by atoms with van der Waals surface area (Å²) >= 11 is 1.08. The first-order chi connectivity index (χ1) is 18.7. The minimum atomic E-state index is -3.94. The number of sulfonamides is 1. The Morgan fingerprint density at radius 3 is 2.72 bits per heavy atom. The number of aliphatic hydroxyl groups is 1. The van der Waals surface area contributed by atoms with E-state index in [9.17, 15) is 18.3 Å². The van der Waals surface area contributed by atoms with Gasteiger partial charge in [0.25, 0.3) is 15.6 Å². The molecule has 2 N–H and O–H groups in total. The Morgan fingerprint density at radius 1 is 1.21 bits per heavy atom. The molecule has 0 aliphatic carbocycles. The number of nitrogens with one attached hydrogen (secondary N) is 1. The maximum Gasteiger partial charge on any atom is 0.300 e. The van der Waals surface area contributed by atoms with E-state index >= 15 is 0 Å².